The molecule has 0 atom stereocenters. The molecule has 0 radical (unpaired) electrons. The number of primary amides is 1. The molecule has 1 amide bonds. The molecule has 0 fully saturated rings. The molecule has 0 aliphatic carbocycles. The standard InChI is InChI=1S/C18H14BrClN2O3/c1-9-12(7-17(21)24)13-6-16(23)14(20)8-15(13)22(9)18(25)10-2-4-11(19)5-3-10/h2-6,8,23H,7H2,1H3,(H2,21,24). The highest BCUT2D eigenvalue weighted by Crippen LogP contribution is 2.34. The highest BCUT2D eigenvalue weighted by molar-refractivity contribution is 9.10. The van der Waals surface area contributed by atoms with Gasteiger partial charge in [-0.05, 0) is 48.9 Å². The highest BCUT2D eigenvalue weighted by Gasteiger charge is 2.22. The van der Waals surface area contributed by atoms with Gasteiger partial charge in [0.05, 0.1) is 17.0 Å². The Hall–Kier alpha value is -2.31. The zero-order chi connectivity index (χ0) is 18.3. The van der Waals surface area contributed by atoms with Crippen LogP contribution in [0.25, 0.3) is 10.9 Å². The molecule has 0 spiro atoms. The second kappa shape index (κ2) is 6.54. The van der Waals surface area contributed by atoms with Gasteiger partial charge in [0.15, 0.2) is 0 Å². The number of benzene rings is 2. The molecule has 5 nitrogen and oxygen atoms in total. The Morgan fingerprint density at radius 2 is 1.88 bits per heavy atom. The molecule has 1 aromatic heterocycles. The first-order valence-corrected chi connectivity index (χ1v) is 8.57. The Balaban J connectivity index is 2.28. The normalized spacial score (nSPS) is 11.0. The molecule has 0 aliphatic rings. The third-order valence-corrected chi connectivity index (χ3v) is 4.88. The molecule has 3 rings (SSSR count). The quantitative estimate of drug-likeness (QED) is 0.675. The van der Waals surface area contributed by atoms with Crippen LogP contribution in [0.1, 0.15) is 21.6 Å². The van der Waals surface area contributed by atoms with Crippen molar-refractivity contribution in [3.8, 4) is 5.75 Å². The van der Waals surface area contributed by atoms with Crippen LogP contribution >= 0.6 is 27.5 Å². The molecule has 3 N–H and O–H groups in total. The summed E-state index contributed by atoms with van der Waals surface area (Å²) in [7, 11) is 0. The van der Waals surface area contributed by atoms with Crippen molar-refractivity contribution < 1.29 is 14.7 Å². The number of carbonyl (C=O) groups is 2. The van der Waals surface area contributed by atoms with Crippen LogP contribution < -0.4 is 5.73 Å². The largest absolute Gasteiger partial charge is 0.506 e. The van der Waals surface area contributed by atoms with E-state index in [0.717, 1.165) is 4.47 Å². The number of halogens is 2. The maximum atomic E-state index is 13.0. The minimum absolute atomic E-state index is 0.0377. The summed E-state index contributed by atoms with van der Waals surface area (Å²) in [6.45, 7) is 1.74. The van der Waals surface area contributed by atoms with E-state index in [4.69, 9.17) is 17.3 Å². The summed E-state index contributed by atoms with van der Waals surface area (Å²) in [4.78, 5) is 24.5. The Bertz CT molecular complexity index is 1010. The highest BCUT2D eigenvalue weighted by atomic mass is 79.9. The number of amides is 1. The SMILES string of the molecule is Cc1c(CC(N)=O)c2cc(O)c(Cl)cc2n1C(=O)c1ccc(Br)cc1. The van der Waals surface area contributed by atoms with Gasteiger partial charge in [-0.3, -0.25) is 14.2 Å². The molecule has 128 valence electrons. The molecule has 7 heteroatoms. The fourth-order valence-electron chi connectivity index (χ4n) is 2.87. The van der Waals surface area contributed by atoms with Crippen molar-refractivity contribution in [1.82, 2.24) is 4.57 Å². The second-order valence-electron chi connectivity index (χ2n) is 5.68. The molecule has 3 aromatic rings. The van der Waals surface area contributed by atoms with Gasteiger partial charge >= 0.3 is 0 Å². The second-order valence-corrected chi connectivity index (χ2v) is 7.00. The number of phenols is 1. The predicted molar refractivity (Wildman–Crippen MR) is 100 cm³/mol. The monoisotopic (exact) mass is 420 g/mol. The molecule has 0 unspecified atom stereocenters. The lowest BCUT2D eigenvalue weighted by Gasteiger charge is -2.08. The zero-order valence-electron chi connectivity index (χ0n) is 13.2. The van der Waals surface area contributed by atoms with Gasteiger partial charge in [0, 0.05) is 21.1 Å². The van der Waals surface area contributed by atoms with Crippen LogP contribution in [0.15, 0.2) is 40.9 Å². The summed E-state index contributed by atoms with van der Waals surface area (Å²) in [6.07, 6.45) is -0.0377. The molecule has 0 saturated carbocycles. The van der Waals surface area contributed by atoms with Gasteiger partial charge in [0.25, 0.3) is 5.91 Å². The van der Waals surface area contributed by atoms with Gasteiger partial charge in [0.1, 0.15) is 5.75 Å². The summed E-state index contributed by atoms with van der Waals surface area (Å²) < 4.78 is 2.35. The maximum Gasteiger partial charge on any atom is 0.262 e. The van der Waals surface area contributed by atoms with Crippen molar-refractivity contribution in [3.63, 3.8) is 0 Å². The third-order valence-electron chi connectivity index (χ3n) is 4.05. The van der Waals surface area contributed by atoms with Crippen molar-refractivity contribution in [1.29, 1.82) is 0 Å². The first-order valence-electron chi connectivity index (χ1n) is 7.40. The maximum absolute atomic E-state index is 13.0. The molecule has 0 bridgehead atoms. The van der Waals surface area contributed by atoms with Crippen LogP contribution in [-0.4, -0.2) is 21.5 Å². The zero-order valence-corrected chi connectivity index (χ0v) is 15.6. The minimum Gasteiger partial charge on any atom is -0.506 e. The van der Waals surface area contributed by atoms with Gasteiger partial charge in [-0.1, -0.05) is 27.5 Å². The predicted octanol–water partition coefficient (Wildman–Crippen LogP) is 3.79. The number of hydrogen-bond acceptors (Lipinski definition) is 3. The summed E-state index contributed by atoms with van der Waals surface area (Å²) in [5.74, 6) is -0.895. The fraction of sp³-hybridized carbons (Fsp3) is 0.111. The number of fused-ring (bicyclic) bond motifs is 1. The lowest BCUT2D eigenvalue weighted by Crippen LogP contribution is -2.16. The fourth-order valence-corrected chi connectivity index (χ4v) is 3.29. The number of aromatic nitrogens is 1. The van der Waals surface area contributed by atoms with E-state index in [-0.39, 0.29) is 23.1 Å². The number of nitrogens with zero attached hydrogens (tertiary/aromatic N) is 1. The first kappa shape index (κ1) is 17.5. The summed E-state index contributed by atoms with van der Waals surface area (Å²) >= 11 is 9.37. The Labute approximate surface area is 157 Å². The molecule has 1 heterocycles. The molecular formula is C18H14BrClN2O3. The molecular weight excluding hydrogens is 408 g/mol. The lowest BCUT2D eigenvalue weighted by atomic mass is 10.1. The van der Waals surface area contributed by atoms with Crippen LogP contribution in [0.3, 0.4) is 0 Å². The summed E-state index contributed by atoms with van der Waals surface area (Å²) in [5.41, 5.74) is 7.52. The van der Waals surface area contributed by atoms with Gasteiger partial charge in [-0.25, -0.2) is 0 Å². The number of rotatable bonds is 3. The number of phenolic OH excluding ortho intramolecular Hbond substituents is 1. The first-order chi connectivity index (χ1) is 11.8. The summed E-state index contributed by atoms with van der Waals surface area (Å²) in [5, 5.41) is 10.6. The van der Waals surface area contributed by atoms with Crippen LogP contribution in [0.4, 0.5) is 0 Å². The van der Waals surface area contributed by atoms with E-state index in [9.17, 15) is 14.7 Å². The van der Waals surface area contributed by atoms with Crippen LogP contribution in [0.5, 0.6) is 5.75 Å². The average molecular weight is 422 g/mol. The average Bonchev–Trinajstić information content (AvgIpc) is 2.80. The van der Waals surface area contributed by atoms with Crippen LogP contribution in [0.2, 0.25) is 5.02 Å². The van der Waals surface area contributed by atoms with E-state index in [1.54, 1.807) is 31.2 Å². The van der Waals surface area contributed by atoms with Crippen molar-refractivity contribution in [3.05, 3.63) is 62.7 Å². The lowest BCUT2D eigenvalue weighted by molar-refractivity contribution is -0.117. The number of carbonyl (C=O) groups excluding carboxylic acids is 2. The van der Waals surface area contributed by atoms with Gasteiger partial charge in [-0.15, -0.1) is 0 Å². The van der Waals surface area contributed by atoms with E-state index in [0.29, 0.717) is 27.7 Å². The number of aromatic hydroxyl groups is 1. The smallest absolute Gasteiger partial charge is 0.262 e. The summed E-state index contributed by atoms with van der Waals surface area (Å²) in [6, 6.07) is 9.92. The molecule has 0 saturated heterocycles. The van der Waals surface area contributed by atoms with Crippen LogP contribution in [0, 0.1) is 6.92 Å². The van der Waals surface area contributed by atoms with Gasteiger partial charge in [0.2, 0.25) is 5.91 Å². The van der Waals surface area contributed by atoms with Crippen molar-refractivity contribution >= 4 is 50.2 Å². The van der Waals surface area contributed by atoms with Crippen molar-refractivity contribution in [2.24, 2.45) is 5.73 Å². The van der Waals surface area contributed by atoms with E-state index in [1.807, 2.05) is 0 Å². The Morgan fingerprint density at radius 1 is 1.24 bits per heavy atom. The minimum atomic E-state index is -0.521. The van der Waals surface area contributed by atoms with E-state index in [2.05, 4.69) is 15.9 Å². The van der Waals surface area contributed by atoms with E-state index >= 15 is 0 Å². The van der Waals surface area contributed by atoms with Gasteiger partial charge < -0.3 is 10.8 Å². The van der Waals surface area contributed by atoms with Gasteiger partial charge in [-0.2, -0.15) is 0 Å². The molecule has 2 aromatic carbocycles. The van der Waals surface area contributed by atoms with E-state index in [1.165, 1.54) is 16.7 Å². The molecule has 25 heavy (non-hydrogen) atoms. The topological polar surface area (TPSA) is 85.3 Å². The van der Waals surface area contributed by atoms with E-state index < -0.39 is 5.91 Å². The van der Waals surface area contributed by atoms with Crippen molar-refractivity contribution in [2.45, 2.75) is 13.3 Å². The Kier molecular flexibility index (Phi) is 4.58. The number of hydrogen-bond donors (Lipinski definition) is 2. The van der Waals surface area contributed by atoms with Crippen LogP contribution in [-0.2, 0) is 11.2 Å². The van der Waals surface area contributed by atoms with Crippen molar-refractivity contribution in [2.75, 3.05) is 0 Å². The number of nitrogens with two attached hydrogens (primary N) is 1. The Morgan fingerprint density at radius 3 is 2.48 bits per heavy atom. The molecule has 0 aliphatic heterocycles. The third kappa shape index (κ3) is 3.15.